The molecule has 6 nitrogen and oxygen atoms in total. The van der Waals surface area contributed by atoms with Crippen molar-refractivity contribution in [1.82, 2.24) is 10.3 Å². The van der Waals surface area contributed by atoms with Gasteiger partial charge >= 0.3 is 0 Å². The summed E-state index contributed by atoms with van der Waals surface area (Å²) in [6, 6.07) is 10.7. The summed E-state index contributed by atoms with van der Waals surface area (Å²) >= 11 is 0. The number of rotatable bonds is 8. The van der Waals surface area contributed by atoms with Crippen LogP contribution >= 0.6 is 0 Å². The zero-order valence-corrected chi connectivity index (χ0v) is 13.2. The lowest BCUT2D eigenvalue weighted by atomic mass is 10.2. The number of hydrogen-bond acceptors (Lipinski definition) is 5. The molecule has 0 atom stereocenters. The number of nitrogens with zero attached hydrogens (tertiary/aromatic N) is 1. The highest BCUT2D eigenvalue weighted by Gasteiger charge is 2.07. The van der Waals surface area contributed by atoms with Gasteiger partial charge in [0.05, 0.1) is 13.7 Å². The molecule has 0 aliphatic heterocycles. The lowest BCUT2D eigenvalue weighted by Gasteiger charge is -2.10. The molecular formula is C17H20N2O4. The first-order valence-corrected chi connectivity index (χ1v) is 7.33. The molecule has 2 aromatic rings. The molecule has 2 rings (SSSR count). The van der Waals surface area contributed by atoms with Crippen molar-refractivity contribution in [3.05, 3.63) is 48.2 Å². The molecule has 0 aliphatic carbocycles. The Morgan fingerprint density at radius 3 is 2.57 bits per heavy atom. The molecule has 6 heteroatoms. The van der Waals surface area contributed by atoms with Crippen LogP contribution < -0.4 is 19.5 Å². The summed E-state index contributed by atoms with van der Waals surface area (Å²) in [6.07, 6.45) is 1.66. The second-order valence-corrected chi connectivity index (χ2v) is 4.64. The smallest absolute Gasteiger partial charge is 0.258 e. The predicted molar refractivity (Wildman–Crippen MR) is 85.7 cm³/mol. The summed E-state index contributed by atoms with van der Waals surface area (Å²) in [5.41, 5.74) is 0.826. The van der Waals surface area contributed by atoms with Crippen LogP contribution in [0.15, 0.2) is 42.6 Å². The van der Waals surface area contributed by atoms with E-state index in [1.807, 2.05) is 13.0 Å². The Kier molecular flexibility index (Phi) is 6.23. The van der Waals surface area contributed by atoms with Crippen LogP contribution in [-0.4, -0.2) is 31.2 Å². The van der Waals surface area contributed by atoms with Crippen LogP contribution in [0.4, 0.5) is 0 Å². The van der Waals surface area contributed by atoms with E-state index in [9.17, 15) is 4.79 Å². The van der Waals surface area contributed by atoms with E-state index in [2.05, 4.69) is 10.3 Å². The summed E-state index contributed by atoms with van der Waals surface area (Å²) < 4.78 is 15.9. The van der Waals surface area contributed by atoms with Gasteiger partial charge in [0.25, 0.3) is 5.91 Å². The molecule has 1 aromatic heterocycles. The van der Waals surface area contributed by atoms with Crippen molar-refractivity contribution in [3.8, 4) is 17.4 Å². The fourth-order valence-corrected chi connectivity index (χ4v) is 1.89. The molecule has 0 spiro atoms. The number of carbonyl (C=O) groups is 1. The second-order valence-electron chi connectivity index (χ2n) is 4.64. The highest BCUT2D eigenvalue weighted by atomic mass is 16.5. The molecule has 0 aliphatic rings. The van der Waals surface area contributed by atoms with E-state index in [4.69, 9.17) is 14.2 Å². The molecule has 0 unspecified atom stereocenters. The molecule has 1 aromatic carbocycles. The SMILES string of the molecule is CCOc1ncccc1CNC(=O)COc1ccc(OC)cc1. The van der Waals surface area contributed by atoms with Gasteiger partial charge in [0.15, 0.2) is 6.61 Å². The Balaban J connectivity index is 1.81. The van der Waals surface area contributed by atoms with Crippen LogP contribution in [0.5, 0.6) is 17.4 Å². The number of aromatic nitrogens is 1. The Bertz CT molecular complexity index is 629. The molecule has 0 fully saturated rings. The maximum Gasteiger partial charge on any atom is 0.258 e. The lowest BCUT2D eigenvalue weighted by molar-refractivity contribution is -0.123. The lowest BCUT2D eigenvalue weighted by Crippen LogP contribution is -2.28. The zero-order valence-electron chi connectivity index (χ0n) is 13.2. The van der Waals surface area contributed by atoms with Gasteiger partial charge in [-0.25, -0.2) is 4.98 Å². The van der Waals surface area contributed by atoms with Crippen molar-refractivity contribution in [1.29, 1.82) is 0 Å². The van der Waals surface area contributed by atoms with Crippen molar-refractivity contribution in [3.63, 3.8) is 0 Å². The van der Waals surface area contributed by atoms with E-state index < -0.39 is 0 Å². The van der Waals surface area contributed by atoms with Crippen LogP contribution in [0.1, 0.15) is 12.5 Å². The molecular weight excluding hydrogens is 296 g/mol. The Hall–Kier alpha value is -2.76. The van der Waals surface area contributed by atoms with Crippen molar-refractivity contribution < 1.29 is 19.0 Å². The molecule has 0 radical (unpaired) electrons. The quantitative estimate of drug-likeness (QED) is 0.808. The minimum atomic E-state index is -0.216. The number of benzene rings is 1. The predicted octanol–water partition coefficient (Wildman–Crippen LogP) is 2.18. The van der Waals surface area contributed by atoms with Gasteiger partial charge in [-0.2, -0.15) is 0 Å². The van der Waals surface area contributed by atoms with Crippen LogP contribution in [0.3, 0.4) is 0 Å². The number of amides is 1. The minimum absolute atomic E-state index is 0.0590. The van der Waals surface area contributed by atoms with Gasteiger partial charge in [0, 0.05) is 18.3 Å². The Labute approximate surface area is 135 Å². The Morgan fingerprint density at radius 1 is 1.13 bits per heavy atom. The van der Waals surface area contributed by atoms with E-state index in [-0.39, 0.29) is 12.5 Å². The summed E-state index contributed by atoms with van der Waals surface area (Å²) in [4.78, 5) is 16.0. The van der Waals surface area contributed by atoms with Gasteiger partial charge in [0.1, 0.15) is 11.5 Å². The fourth-order valence-electron chi connectivity index (χ4n) is 1.89. The second kappa shape index (κ2) is 8.63. The topological polar surface area (TPSA) is 69.7 Å². The van der Waals surface area contributed by atoms with E-state index in [1.165, 1.54) is 0 Å². The molecule has 0 saturated heterocycles. The molecule has 1 heterocycles. The van der Waals surface area contributed by atoms with Gasteiger partial charge in [-0.1, -0.05) is 6.07 Å². The number of nitrogens with one attached hydrogen (secondary N) is 1. The van der Waals surface area contributed by atoms with Gasteiger partial charge in [0.2, 0.25) is 5.88 Å². The first-order chi connectivity index (χ1) is 11.2. The van der Waals surface area contributed by atoms with Crippen molar-refractivity contribution in [2.75, 3.05) is 20.3 Å². The maximum atomic E-state index is 11.9. The summed E-state index contributed by atoms with van der Waals surface area (Å²) in [5.74, 6) is 1.66. The summed E-state index contributed by atoms with van der Waals surface area (Å²) in [6.45, 7) is 2.70. The monoisotopic (exact) mass is 316 g/mol. The third-order valence-electron chi connectivity index (χ3n) is 3.04. The van der Waals surface area contributed by atoms with Crippen molar-refractivity contribution in [2.45, 2.75) is 13.5 Å². The van der Waals surface area contributed by atoms with E-state index in [0.29, 0.717) is 24.8 Å². The number of methoxy groups -OCH3 is 1. The number of pyridine rings is 1. The van der Waals surface area contributed by atoms with Crippen LogP contribution in [0.2, 0.25) is 0 Å². The highest BCUT2D eigenvalue weighted by molar-refractivity contribution is 5.77. The van der Waals surface area contributed by atoms with Crippen LogP contribution in [0.25, 0.3) is 0 Å². The fraction of sp³-hybridized carbons (Fsp3) is 0.294. The average Bonchev–Trinajstić information content (AvgIpc) is 2.60. The first-order valence-electron chi connectivity index (χ1n) is 7.33. The highest BCUT2D eigenvalue weighted by Crippen LogP contribution is 2.17. The normalized spacial score (nSPS) is 10.0. The average molecular weight is 316 g/mol. The molecule has 0 saturated carbocycles. The van der Waals surface area contributed by atoms with Gasteiger partial charge in [-0.3, -0.25) is 4.79 Å². The largest absolute Gasteiger partial charge is 0.497 e. The first kappa shape index (κ1) is 16.6. The third kappa shape index (κ3) is 5.18. The van der Waals surface area contributed by atoms with Crippen LogP contribution in [0, 0.1) is 0 Å². The van der Waals surface area contributed by atoms with Crippen molar-refractivity contribution >= 4 is 5.91 Å². The molecule has 1 N–H and O–H groups in total. The molecule has 1 amide bonds. The number of ether oxygens (including phenoxy) is 3. The molecule has 122 valence electrons. The number of hydrogen-bond donors (Lipinski definition) is 1. The van der Waals surface area contributed by atoms with Gasteiger partial charge in [-0.15, -0.1) is 0 Å². The molecule has 23 heavy (non-hydrogen) atoms. The van der Waals surface area contributed by atoms with E-state index in [1.54, 1.807) is 43.6 Å². The van der Waals surface area contributed by atoms with Crippen molar-refractivity contribution in [2.24, 2.45) is 0 Å². The maximum absolute atomic E-state index is 11.9. The third-order valence-corrected chi connectivity index (χ3v) is 3.04. The standard InChI is InChI=1S/C17H20N2O4/c1-3-22-17-13(5-4-10-18-17)11-19-16(20)12-23-15-8-6-14(21-2)7-9-15/h4-10H,3,11-12H2,1-2H3,(H,19,20). The van der Waals surface area contributed by atoms with Gasteiger partial charge < -0.3 is 19.5 Å². The van der Waals surface area contributed by atoms with Gasteiger partial charge in [-0.05, 0) is 37.3 Å². The zero-order chi connectivity index (χ0) is 16.5. The van der Waals surface area contributed by atoms with E-state index >= 15 is 0 Å². The Morgan fingerprint density at radius 2 is 1.87 bits per heavy atom. The summed E-state index contributed by atoms with van der Waals surface area (Å²) in [5, 5.41) is 2.78. The minimum Gasteiger partial charge on any atom is -0.497 e. The number of carbonyl (C=O) groups excluding carboxylic acids is 1. The van der Waals surface area contributed by atoms with Crippen LogP contribution in [-0.2, 0) is 11.3 Å². The van der Waals surface area contributed by atoms with E-state index in [0.717, 1.165) is 11.3 Å². The molecule has 0 bridgehead atoms. The summed E-state index contributed by atoms with van der Waals surface area (Å²) in [7, 11) is 1.60.